The standard InChI is InChI=1S/C13H21.C5H9F3Si.C5H5.2ClH.Zr/c1-2-3-4-5-6-7-10-13-11-8-9-12-13;1-2-3-4-9-5(6,7)8;1-2-4-5-3-1;;;/h8-9,11-12H,2-7,10H2,1H3;2-4H2,1H3;1-5H;2*1H;/q-1;;-1;;;+2/p-2. The average Bonchev–Trinajstić information content (AvgIpc) is 3.39. The molecule has 172 valence electrons. The zero-order valence-electron chi connectivity index (χ0n) is 18.2. The van der Waals surface area contributed by atoms with Gasteiger partial charge in [0.25, 0.3) is 0 Å². The topological polar surface area (TPSA) is 0 Å². The van der Waals surface area contributed by atoms with Crippen molar-refractivity contribution in [3.05, 3.63) is 60.2 Å². The molecule has 0 amide bonds. The van der Waals surface area contributed by atoms with Crippen molar-refractivity contribution in [3.8, 4) is 0 Å². The van der Waals surface area contributed by atoms with Crippen molar-refractivity contribution in [1.29, 1.82) is 0 Å². The molecule has 2 aromatic rings. The van der Waals surface area contributed by atoms with E-state index in [0.717, 1.165) is 12.8 Å². The molecule has 0 saturated carbocycles. The van der Waals surface area contributed by atoms with Crippen molar-refractivity contribution < 1.29 is 61.3 Å². The number of halogens is 5. The van der Waals surface area contributed by atoms with E-state index < -0.39 is 11.2 Å². The van der Waals surface area contributed by atoms with Crippen molar-refractivity contribution in [1.82, 2.24) is 0 Å². The van der Waals surface area contributed by atoms with Gasteiger partial charge in [-0.25, -0.2) is 18.2 Å². The first kappa shape index (κ1) is 34.8. The fraction of sp³-hybridized carbons (Fsp3) is 0.565. The Hall–Kier alpha value is 0.170. The maximum absolute atomic E-state index is 11.8. The molecule has 0 heterocycles. The van der Waals surface area contributed by atoms with Gasteiger partial charge in [-0.05, 0) is 0 Å². The van der Waals surface area contributed by atoms with Crippen LogP contribution in [0.25, 0.3) is 0 Å². The van der Waals surface area contributed by atoms with Crippen LogP contribution in [-0.2, 0) is 29.8 Å². The van der Waals surface area contributed by atoms with Gasteiger partial charge in [0.2, 0.25) is 0 Å². The summed E-state index contributed by atoms with van der Waals surface area (Å²) in [6.07, 6.45) is 11.3. The van der Waals surface area contributed by atoms with Crippen molar-refractivity contribution in [2.45, 2.75) is 83.5 Å². The molecular formula is C23H35Cl2F3SiZr-2. The second-order valence-corrected chi connectivity index (χ2v) is 13.3. The Morgan fingerprint density at radius 1 is 0.833 bits per heavy atom. The third-order valence-electron chi connectivity index (χ3n) is 4.23. The van der Waals surface area contributed by atoms with Gasteiger partial charge in [0, 0.05) is 0 Å². The second kappa shape index (κ2) is 23.8. The minimum atomic E-state index is -3.85. The van der Waals surface area contributed by atoms with E-state index in [9.17, 15) is 13.2 Å². The van der Waals surface area contributed by atoms with Crippen LogP contribution in [0.1, 0.15) is 70.8 Å². The van der Waals surface area contributed by atoms with Gasteiger partial charge in [0.15, 0.2) is 0 Å². The van der Waals surface area contributed by atoms with Crippen LogP contribution < -0.4 is 24.8 Å². The molecule has 0 aliphatic carbocycles. The summed E-state index contributed by atoms with van der Waals surface area (Å²) in [6.45, 7) is 4.19. The summed E-state index contributed by atoms with van der Waals surface area (Å²) in [4.78, 5) is 0. The van der Waals surface area contributed by atoms with Gasteiger partial charge in [-0.15, -0.1) is 0 Å². The number of hydrogen-bond donors (Lipinski definition) is 0. The van der Waals surface area contributed by atoms with E-state index in [1.807, 2.05) is 37.3 Å². The van der Waals surface area contributed by atoms with E-state index in [4.69, 9.17) is 0 Å². The van der Waals surface area contributed by atoms with E-state index in [1.54, 1.807) is 0 Å². The molecule has 0 aliphatic heterocycles. The molecule has 0 saturated heterocycles. The molecule has 30 heavy (non-hydrogen) atoms. The van der Waals surface area contributed by atoms with E-state index in [0.29, 0.717) is 29.4 Å². The minimum Gasteiger partial charge on any atom is -1.00 e. The molecule has 0 N–H and O–H groups in total. The molecule has 0 fully saturated rings. The van der Waals surface area contributed by atoms with E-state index in [1.165, 1.54) is 50.5 Å². The SMILES string of the molecule is CCCCCCCCc1cc[cH-]c1.CCCC[Si](=[Zr+2])C(F)(F)F.[Cl-].[Cl-].c1cc[cH-]c1. The van der Waals surface area contributed by atoms with Crippen molar-refractivity contribution >= 4 is 5.43 Å². The first-order valence-electron chi connectivity index (χ1n) is 10.4. The number of unbranched alkanes of at least 4 members (excludes halogenated alkanes) is 6. The largest absolute Gasteiger partial charge is 1.00 e. The molecular weight excluding hydrogens is 523 g/mol. The molecule has 0 atom stereocenters. The Morgan fingerprint density at radius 2 is 1.40 bits per heavy atom. The van der Waals surface area contributed by atoms with Crippen LogP contribution in [0.3, 0.4) is 0 Å². The Bertz CT molecular complexity index is 538. The first-order chi connectivity index (χ1) is 13.4. The summed E-state index contributed by atoms with van der Waals surface area (Å²) < 4.78 is 35.5. The fourth-order valence-electron chi connectivity index (χ4n) is 2.51. The van der Waals surface area contributed by atoms with Gasteiger partial charge in [0.1, 0.15) is 0 Å². The Morgan fingerprint density at radius 3 is 1.83 bits per heavy atom. The third-order valence-corrected chi connectivity index (χ3v) is 9.70. The zero-order valence-corrected chi connectivity index (χ0v) is 23.1. The molecule has 0 spiro atoms. The molecule has 7 heteroatoms. The molecule has 2 aromatic carbocycles. The average molecular weight is 559 g/mol. The normalized spacial score (nSPS) is 9.83. The first-order valence-corrected chi connectivity index (χ1v) is 15.8. The monoisotopic (exact) mass is 556 g/mol. The van der Waals surface area contributed by atoms with Crippen molar-refractivity contribution in [2.24, 2.45) is 0 Å². The molecule has 0 nitrogen and oxygen atoms in total. The predicted octanol–water partition coefficient (Wildman–Crippen LogP) is 2.15. The molecule has 0 aromatic heterocycles. The quantitative estimate of drug-likeness (QED) is 0.238. The summed E-state index contributed by atoms with van der Waals surface area (Å²) in [6, 6.07) is 19.1. The van der Waals surface area contributed by atoms with Gasteiger partial charge in [-0.2, -0.15) is 42.0 Å². The molecule has 0 radical (unpaired) electrons. The van der Waals surface area contributed by atoms with E-state index in [-0.39, 0.29) is 24.8 Å². The number of alkyl halides is 3. The summed E-state index contributed by atoms with van der Waals surface area (Å²) in [7, 11) is 0. The molecule has 2 rings (SSSR count). The van der Waals surface area contributed by atoms with E-state index in [2.05, 4.69) is 31.2 Å². The van der Waals surface area contributed by atoms with Gasteiger partial charge < -0.3 is 24.8 Å². The predicted molar refractivity (Wildman–Crippen MR) is 113 cm³/mol. The van der Waals surface area contributed by atoms with Crippen molar-refractivity contribution in [3.63, 3.8) is 0 Å². The second-order valence-electron chi connectivity index (χ2n) is 6.85. The van der Waals surface area contributed by atoms with Gasteiger partial charge in [-0.1, -0.05) is 51.9 Å². The molecule has 0 bridgehead atoms. The van der Waals surface area contributed by atoms with Gasteiger partial charge >= 0.3 is 73.5 Å². The molecule has 0 aliphatic rings. The van der Waals surface area contributed by atoms with Crippen LogP contribution in [0, 0.1) is 0 Å². The summed E-state index contributed by atoms with van der Waals surface area (Å²) in [5, 5.41) is 0. The van der Waals surface area contributed by atoms with Crippen LogP contribution in [-0.4, -0.2) is 11.2 Å². The van der Waals surface area contributed by atoms with Crippen LogP contribution in [0.4, 0.5) is 13.2 Å². The minimum absolute atomic E-state index is 0. The number of rotatable bonds is 10. The van der Waals surface area contributed by atoms with Gasteiger partial charge in [0.05, 0.1) is 0 Å². The Labute approximate surface area is 209 Å². The molecule has 0 unspecified atom stereocenters. The van der Waals surface area contributed by atoms with Gasteiger partial charge in [-0.3, -0.25) is 0 Å². The zero-order chi connectivity index (χ0) is 21.1. The third kappa shape index (κ3) is 22.8. The summed E-state index contributed by atoms with van der Waals surface area (Å²) in [5.41, 5.74) is -0.468. The maximum atomic E-state index is 11.8. The van der Waals surface area contributed by atoms with Crippen LogP contribution >= 0.6 is 0 Å². The fourth-order valence-corrected chi connectivity index (χ4v) is 4.80. The van der Waals surface area contributed by atoms with Crippen molar-refractivity contribution in [2.75, 3.05) is 0 Å². The van der Waals surface area contributed by atoms with Crippen LogP contribution in [0.15, 0.2) is 54.6 Å². The maximum Gasteiger partial charge on any atom is -0.172 e. The van der Waals surface area contributed by atoms with Crippen LogP contribution in [0.2, 0.25) is 6.04 Å². The Kier molecular flexibility index (Phi) is 27.6. The van der Waals surface area contributed by atoms with E-state index >= 15 is 0 Å². The summed E-state index contributed by atoms with van der Waals surface area (Å²) in [5.74, 6) is -3.85. The number of hydrogen-bond acceptors (Lipinski definition) is 0. The smallest absolute Gasteiger partial charge is 0.172 e. The van der Waals surface area contributed by atoms with Crippen LogP contribution in [0.5, 0.6) is 0 Å². The Balaban J connectivity index is -0.000000382. The summed E-state index contributed by atoms with van der Waals surface area (Å²) >= 11 is 0.689. The number of aryl methyl sites for hydroxylation is 1.